The second kappa shape index (κ2) is 5.28. The van der Waals surface area contributed by atoms with Crippen LogP contribution in [0.1, 0.15) is 5.69 Å². The minimum absolute atomic E-state index is 0.663. The first-order valence-electron chi connectivity index (χ1n) is 7.74. The topological polar surface area (TPSA) is 28.6 Å². The third kappa shape index (κ3) is 2.49. The fourth-order valence-corrected chi connectivity index (χ4v) is 3.19. The van der Waals surface area contributed by atoms with Crippen LogP contribution in [0.4, 0.5) is 5.69 Å². The van der Waals surface area contributed by atoms with E-state index in [0.29, 0.717) is 6.04 Å². The number of aryl methyl sites for hydroxylation is 1. The van der Waals surface area contributed by atoms with Gasteiger partial charge in [0.25, 0.3) is 0 Å². The molecule has 0 unspecified atom stereocenters. The van der Waals surface area contributed by atoms with Gasteiger partial charge in [-0.2, -0.15) is 0 Å². The summed E-state index contributed by atoms with van der Waals surface area (Å²) < 4.78 is 5.30. The van der Waals surface area contributed by atoms with E-state index in [1.807, 2.05) is 6.92 Å². The summed E-state index contributed by atoms with van der Waals surface area (Å²) in [6, 6.07) is 11.5. The van der Waals surface area contributed by atoms with Crippen LogP contribution in [0.5, 0.6) is 0 Å². The highest BCUT2D eigenvalue weighted by atomic mass is 16.5. The van der Waals surface area contributed by atoms with Crippen molar-refractivity contribution in [2.45, 2.75) is 13.0 Å². The van der Waals surface area contributed by atoms with Gasteiger partial charge in [0, 0.05) is 42.9 Å². The van der Waals surface area contributed by atoms with Crippen LogP contribution in [0.3, 0.4) is 0 Å². The van der Waals surface area contributed by atoms with Crippen molar-refractivity contribution >= 4 is 16.6 Å². The fourth-order valence-electron chi connectivity index (χ4n) is 3.19. The second-order valence-corrected chi connectivity index (χ2v) is 6.04. The number of benzene rings is 1. The van der Waals surface area contributed by atoms with Crippen molar-refractivity contribution in [2.24, 2.45) is 0 Å². The van der Waals surface area contributed by atoms with E-state index >= 15 is 0 Å². The van der Waals surface area contributed by atoms with Crippen molar-refractivity contribution < 1.29 is 4.74 Å². The highest BCUT2D eigenvalue weighted by Crippen LogP contribution is 2.23. The molecule has 2 aliphatic heterocycles. The van der Waals surface area contributed by atoms with Crippen LogP contribution in [-0.4, -0.2) is 55.3 Å². The Labute approximate surface area is 125 Å². The first kappa shape index (κ1) is 13.0. The maximum Gasteiger partial charge on any atom is 0.0706 e. The van der Waals surface area contributed by atoms with E-state index in [0.717, 1.165) is 50.6 Å². The van der Waals surface area contributed by atoms with Crippen LogP contribution in [-0.2, 0) is 4.74 Å². The number of pyridine rings is 1. The number of anilines is 1. The summed E-state index contributed by atoms with van der Waals surface area (Å²) >= 11 is 0. The molecule has 0 aliphatic carbocycles. The van der Waals surface area contributed by atoms with Crippen LogP contribution in [0.15, 0.2) is 30.3 Å². The largest absolute Gasteiger partial charge is 0.378 e. The Morgan fingerprint density at radius 2 is 1.86 bits per heavy atom. The van der Waals surface area contributed by atoms with Crippen LogP contribution in [0, 0.1) is 6.92 Å². The van der Waals surface area contributed by atoms with Gasteiger partial charge < -0.3 is 9.64 Å². The molecule has 1 aromatic heterocycles. The molecule has 4 heteroatoms. The van der Waals surface area contributed by atoms with Gasteiger partial charge in [-0.3, -0.25) is 9.88 Å². The monoisotopic (exact) mass is 283 g/mol. The first-order chi connectivity index (χ1) is 10.3. The molecule has 0 saturated carbocycles. The van der Waals surface area contributed by atoms with Gasteiger partial charge in [-0.1, -0.05) is 6.07 Å². The van der Waals surface area contributed by atoms with Crippen LogP contribution < -0.4 is 4.90 Å². The Kier molecular flexibility index (Phi) is 3.28. The van der Waals surface area contributed by atoms with Crippen molar-refractivity contribution in [3.63, 3.8) is 0 Å². The Morgan fingerprint density at radius 3 is 2.57 bits per heavy atom. The summed E-state index contributed by atoms with van der Waals surface area (Å²) in [5, 5.41) is 1.23. The molecule has 0 bridgehead atoms. The zero-order valence-corrected chi connectivity index (χ0v) is 12.5. The molecule has 2 aromatic rings. The molecule has 0 N–H and O–H groups in total. The Morgan fingerprint density at radius 1 is 1.05 bits per heavy atom. The summed E-state index contributed by atoms with van der Waals surface area (Å²) in [6.45, 7) is 8.34. The van der Waals surface area contributed by atoms with E-state index < -0.39 is 0 Å². The van der Waals surface area contributed by atoms with Crippen molar-refractivity contribution in [3.05, 3.63) is 36.0 Å². The minimum Gasteiger partial charge on any atom is -0.378 e. The number of rotatable bonds is 2. The quantitative estimate of drug-likeness (QED) is 0.843. The van der Waals surface area contributed by atoms with Gasteiger partial charge in [0.15, 0.2) is 0 Å². The average molecular weight is 283 g/mol. The van der Waals surface area contributed by atoms with Gasteiger partial charge in [-0.25, -0.2) is 0 Å². The summed E-state index contributed by atoms with van der Waals surface area (Å²) in [6.07, 6.45) is 0. The van der Waals surface area contributed by atoms with E-state index in [1.54, 1.807) is 0 Å². The Balaban J connectivity index is 1.50. The average Bonchev–Trinajstić information content (AvgIpc) is 2.46. The molecular weight excluding hydrogens is 262 g/mol. The van der Waals surface area contributed by atoms with Crippen LogP contribution in [0.2, 0.25) is 0 Å². The molecule has 110 valence electrons. The molecule has 2 fully saturated rings. The van der Waals surface area contributed by atoms with Gasteiger partial charge in [-0.15, -0.1) is 0 Å². The predicted molar refractivity (Wildman–Crippen MR) is 84.9 cm³/mol. The SMILES string of the molecule is Cc1ccc2cc(N3CCN(C4COC4)CC3)ccc2n1. The molecule has 4 rings (SSSR count). The van der Waals surface area contributed by atoms with Gasteiger partial charge in [-0.05, 0) is 31.2 Å². The highest BCUT2D eigenvalue weighted by molar-refractivity contribution is 5.82. The molecule has 2 aliphatic rings. The fraction of sp³-hybridized carbons (Fsp3) is 0.471. The van der Waals surface area contributed by atoms with Crippen molar-refractivity contribution in [3.8, 4) is 0 Å². The van der Waals surface area contributed by atoms with Crippen molar-refractivity contribution in [1.29, 1.82) is 0 Å². The van der Waals surface area contributed by atoms with E-state index in [-0.39, 0.29) is 0 Å². The summed E-state index contributed by atoms with van der Waals surface area (Å²) in [5.74, 6) is 0. The highest BCUT2D eigenvalue weighted by Gasteiger charge is 2.28. The lowest BCUT2D eigenvalue weighted by Gasteiger charge is -2.43. The molecule has 1 aromatic carbocycles. The summed E-state index contributed by atoms with van der Waals surface area (Å²) in [7, 11) is 0. The molecule has 0 atom stereocenters. The number of hydrogen-bond donors (Lipinski definition) is 0. The first-order valence-corrected chi connectivity index (χ1v) is 7.74. The predicted octanol–water partition coefficient (Wildman–Crippen LogP) is 2.06. The lowest BCUT2D eigenvalue weighted by Crippen LogP contribution is -2.56. The maximum absolute atomic E-state index is 5.30. The maximum atomic E-state index is 5.30. The van der Waals surface area contributed by atoms with E-state index in [2.05, 4.69) is 45.1 Å². The molecule has 21 heavy (non-hydrogen) atoms. The molecule has 0 radical (unpaired) electrons. The van der Waals surface area contributed by atoms with Gasteiger partial charge in [0.2, 0.25) is 0 Å². The molecule has 0 amide bonds. The Bertz CT molecular complexity index is 646. The van der Waals surface area contributed by atoms with E-state index in [9.17, 15) is 0 Å². The standard InChI is InChI=1S/C17H21N3O/c1-13-2-3-14-10-15(4-5-17(14)18-13)19-6-8-20(9-7-19)16-11-21-12-16/h2-5,10,16H,6-9,11-12H2,1H3. The minimum atomic E-state index is 0.663. The van der Waals surface area contributed by atoms with Gasteiger partial charge >= 0.3 is 0 Å². The van der Waals surface area contributed by atoms with E-state index in [1.165, 1.54) is 11.1 Å². The number of hydrogen-bond acceptors (Lipinski definition) is 4. The number of nitrogens with zero attached hydrogens (tertiary/aromatic N) is 3. The zero-order valence-electron chi connectivity index (χ0n) is 12.5. The number of fused-ring (bicyclic) bond motifs is 1. The molecule has 3 heterocycles. The lowest BCUT2D eigenvalue weighted by atomic mass is 10.1. The number of ether oxygens (including phenoxy) is 1. The van der Waals surface area contributed by atoms with Crippen molar-refractivity contribution in [1.82, 2.24) is 9.88 Å². The normalized spacial score (nSPS) is 20.7. The zero-order chi connectivity index (χ0) is 14.2. The molecule has 0 spiro atoms. The van der Waals surface area contributed by atoms with Crippen molar-refractivity contribution in [2.75, 3.05) is 44.3 Å². The van der Waals surface area contributed by atoms with Crippen LogP contribution in [0.25, 0.3) is 10.9 Å². The number of aromatic nitrogens is 1. The molecule has 4 nitrogen and oxygen atoms in total. The Hall–Kier alpha value is -1.65. The third-order valence-corrected chi connectivity index (χ3v) is 4.63. The summed E-state index contributed by atoms with van der Waals surface area (Å²) in [5.41, 5.74) is 3.48. The third-order valence-electron chi connectivity index (χ3n) is 4.63. The van der Waals surface area contributed by atoms with E-state index in [4.69, 9.17) is 4.74 Å². The second-order valence-electron chi connectivity index (χ2n) is 6.04. The summed E-state index contributed by atoms with van der Waals surface area (Å²) in [4.78, 5) is 9.62. The van der Waals surface area contributed by atoms with Crippen LogP contribution >= 0.6 is 0 Å². The lowest BCUT2D eigenvalue weighted by molar-refractivity contribution is -0.0660. The van der Waals surface area contributed by atoms with Gasteiger partial charge in [0.05, 0.1) is 24.8 Å². The molecule has 2 saturated heterocycles. The smallest absolute Gasteiger partial charge is 0.0706 e. The number of piperazine rings is 1. The van der Waals surface area contributed by atoms with Gasteiger partial charge in [0.1, 0.15) is 0 Å². The molecular formula is C17H21N3O.